The van der Waals surface area contributed by atoms with Gasteiger partial charge in [0.05, 0.1) is 31.0 Å². The van der Waals surface area contributed by atoms with Crippen molar-refractivity contribution in [3.63, 3.8) is 0 Å². The summed E-state index contributed by atoms with van der Waals surface area (Å²) in [5.41, 5.74) is 2.35. The van der Waals surface area contributed by atoms with Crippen LogP contribution in [0.15, 0.2) is 24.3 Å². The number of amides is 1. The molecule has 0 aliphatic carbocycles. The maximum atomic E-state index is 11.7. The van der Waals surface area contributed by atoms with Gasteiger partial charge in [0.25, 0.3) is 0 Å². The molecule has 2 saturated heterocycles. The van der Waals surface area contributed by atoms with Gasteiger partial charge in [0, 0.05) is 110 Å². The Balaban J connectivity index is -0.000000236. The van der Waals surface area contributed by atoms with Crippen LogP contribution < -0.4 is 5.32 Å². The van der Waals surface area contributed by atoms with Gasteiger partial charge in [-0.15, -0.1) is 0 Å². The molecule has 2 aliphatic rings. The van der Waals surface area contributed by atoms with Gasteiger partial charge in [-0.05, 0) is 122 Å². The summed E-state index contributed by atoms with van der Waals surface area (Å²) < 4.78 is 24.1. The van der Waals surface area contributed by atoms with Crippen LogP contribution in [-0.2, 0) is 102 Å². The van der Waals surface area contributed by atoms with E-state index in [4.69, 9.17) is 14.2 Å². The molecule has 1 N–H and O–H groups in total. The third-order valence-corrected chi connectivity index (χ3v) is 22.0. The smallest absolute Gasteiger partial charge is 0.329 e. The number of Topliss-reactive ketones (excluding diaryl/α,β-unsaturated/α-hetero) is 8. The normalized spacial score (nSPS) is 14.4. The van der Waals surface area contributed by atoms with Crippen molar-refractivity contribution in [1.29, 1.82) is 0 Å². The number of carbonyl (C=O) groups is 15. The zero-order chi connectivity index (χ0) is 94.3. The molecule has 21 nitrogen and oxygen atoms in total. The van der Waals surface area contributed by atoms with Crippen LogP contribution in [0, 0.1) is 89.8 Å². The minimum atomic E-state index is -0.773. The predicted molar refractivity (Wildman–Crippen MR) is 491 cm³/mol. The second-order valence-corrected chi connectivity index (χ2v) is 37.9. The molecule has 24 heteroatoms. The lowest BCUT2D eigenvalue weighted by Crippen LogP contribution is -2.42. The molecule has 0 aromatic heterocycles. The van der Waals surface area contributed by atoms with Crippen LogP contribution in [0.5, 0.6) is 0 Å². The summed E-state index contributed by atoms with van der Waals surface area (Å²) in [6, 6.07) is 7.45. The Labute approximate surface area is 735 Å². The standard InChI is InChI=1S/C12H21NO4.2C12H22OS.C12H16O.C10H18O3.C9H16O3S.C8H14O3.C7H14O2.C7H14O.C6H12O/c1-6-10(13-9(5)14)12(16)17-8(4)11(15)7(2)3;1-10(2)12(13)8-4-3-6-11-7-5-9-14-11;1-10(2)12(13)6-4-3-5-11-7-8-14-9-11;1-9(2)12(13)8-11-6-4-10(3)5-7-11;1-6(2)9(11)8(5)13-10(12)7(3)4;1-6(2)9(11)13-5-7(3)8(10)12-4;1-5(2)8(10)6(3)11-7(4)9;1-5(2)7(8)9-6(3)4;1-5(2)7(8)6(3)4;1-4-6(7)5(2)3/h7-8,10H,6H2,1-5H3,(H,13,14);2*10-11H,3-9H2,1-2H3;4-7,9H,8H2,1-3H3;6-8H,1-5H3;6-7H,5H2,1-4H3;5-6H,1-4H3;5-6H,1-4H3;5-6H,1-4H3;5H,4H2,1-3H3. The van der Waals surface area contributed by atoms with Gasteiger partial charge in [-0.25, -0.2) is 4.79 Å². The minimum Gasteiger partial charge on any atom is -0.469 e. The molecule has 1 amide bonds. The molecular formula is C95H169NO20S3. The second-order valence-electron chi connectivity index (χ2n) is 34.3. The molecule has 1 aromatic rings. The quantitative estimate of drug-likeness (QED) is 0.0365. The lowest BCUT2D eigenvalue weighted by atomic mass is 9.98. The summed E-state index contributed by atoms with van der Waals surface area (Å²) in [6.45, 7) is 63.4. The highest BCUT2D eigenvalue weighted by atomic mass is 32.2. The summed E-state index contributed by atoms with van der Waals surface area (Å²) in [7, 11) is 1.35. The number of benzene rings is 1. The topological polar surface area (TPSA) is 314 Å². The molecule has 2 aliphatic heterocycles. The molecule has 2 heterocycles. The molecule has 692 valence electrons. The van der Waals surface area contributed by atoms with Crippen LogP contribution >= 0.6 is 35.3 Å². The third-order valence-electron chi connectivity index (χ3n) is 17.8. The van der Waals surface area contributed by atoms with E-state index in [9.17, 15) is 71.9 Å². The van der Waals surface area contributed by atoms with Gasteiger partial charge >= 0.3 is 29.8 Å². The number of hydrogen-bond acceptors (Lipinski definition) is 23. The summed E-state index contributed by atoms with van der Waals surface area (Å²) in [5, 5.41) is 3.51. The molecule has 119 heavy (non-hydrogen) atoms. The van der Waals surface area contributed by atoms with Gasteiger partial charge in [0.1, 0.15) is 35.0 Å². The number of aryl methyl sites for hydroxylation is 1. The van der Waals surface area contributed by atoms with Gasteiger partial charge in [-0.3, -0.25) is 67.1 Å². The Hall–Kier alpha value is -5.88. The number of esters is 5. The van der Waals surface area contributed by atoms with Crippen molar-refractivity contribution in [3.05, 3.63) is 35.4 Å². The first-order valence-corrected chi connectivity index (χ1v) is 46.8. The number of carbonyl (C=O) groups excluding carboxylic acids is 15. The van der Waals surface area contributed by atoms with E-state index in [0.29, 0.717) is 53.9 Å². The number of methoxy groups -OCH3 is 1. The van der Waals surface area contributed by atoms with Gasteiger partial charge in [-0.1, -0.05) is 241 Å². The Morgan fingerprint density at radius 3 is 1.13 bits per heavy atom. The van der Waals surface area contributed by atoms with Crippen LogP contribution in [0.25, 0.3) is 0 Å². The molecule has 1 aromatic carbocycles. The van der Waals surface area contributed by atoms with Crippen molar-refractivity contribution in [2.75, 3.05) is 30.1 Å². The van der Waals surface area contributed by atoms with Crippen molar-refractivity contribution in [3.8, 4) is 0 Å². The first kappa shape index (κ1) is 126. The lowest BCUT2D eigenvalue weighted by molar-refractivity contribution is -0.158. The highest BCUT2D eigenvalue weighted by Crippen LogP contribution is 2.31. The first-order valence-electron chi connectivity index (χ1n) is 43.7. The second kappa shape index (κ2) is 74.7. The van der Waals surface area contributed by atoms with Crippen LogP contribution in [0.2, 0.25) is 0 Å². The number of thioether (sulfide) groups is 3. The molecule has 7 unspecified atom stereocenters. The number of unbranched alkanes of at least 4 members (excludes halogenated alkanes) is 2. The van der Waals surface area contributed by atoms with Crippen molar-refractivity contribution in [2.45, 2.75) is 368 Å². The van der Waals surface area contributed by atoms with Gasteiger partial charge in [0.2, 0.25) is 5.91 Å². The fraction of sp³-hybridized carbons (Fsp3) is 0.779. The predicted octanol–water partition coefficient (Wildman–Crippen LogP) is 20.8. The SMILES string of the molecule is CC(=O)OC(C)C(=O)C(C)C.CC(C)C(=O)C(C)C.CC(C)C(=O)CCCCC1CCCS1.CC(C)C(=O)CCCCC1CCSC1.CC(C)C(=O)OC(C)C(=O)C(C)C.CC(C)OC(=O)C(C)C.CCC(=O)C(C)C.CCC(NC(C)=O)C(=O)OC(C)C(=O)C(C)C.COC(=O)C(C)CSC(=O)C(C)C.Cc1ccc(CC(=O)C(C)C)cc1. The van der Waals surface area contributed by atoms with Crippen LogP contribution in [-0.4, -0.2) is 153 Å². The van der Waals surface area contributed by atoms with E-state index < -0.39 is 36.3 Å². The molecule has 0 spiro atoms. The fourth-order valence-corrected chi connectivity index (χ4v) is 13.4. The average molecular weight is 1740 g/mol. The summed E-state index contributed by atoms with van der Waals surface area (Å²) in [4.78, 5) is 166. The number of ketones is 8. The van der Waals surface area contributed by atoms with E-state index in [1.165, 1.54) is 100 Å². The van der Waals surface area contributed by atoms with Crippen molar-refractivity contribution >= 4 is 122 Å². The van der Waals surface area contributed by atoms with E-state index in [1.54, 1.807) is 90.0 Å². The molecule has 2 fully saturated rings. The van der Waals surface area contributed by atoms with E-state index in [2.05, 4.69) is 38.3 Å². The highest BCUT2D eigenvalue weighted by Gasteiger charge is 2.27. The van der Waals surface area contributed by atoms with Crippen molar-refractivity contribution < 1.29 is 95.6 Å². The lowest BCUT2D eigenvalue weighted by Gasteiger charge is -2.19. The number of ether oxygens (including phenoxy) is 5. The monoisotopic (exact) mass is 1740 g/mol. The van der Waals surface area contributed by atoms with Crippen LogP contribution in [0.1, 0.15) is 330 Å². The summed E-state index contributed by atoms with van der Waals surface area (Å²) in [6.07, 6.45) is 12.9. The Bertz CT molecular complexity index is 2960. The number of rotatable bonds is 38. The van der Waals surface area contributed by atoms with E-state index in [1.807, 2.05) is 163 Å². The van der Waals surface area contributed by atoms with E-state index >= 15 is 0 Å². The van der Waals surface area contributed by atoms with E-state index in [0.717, 1.165) is 42.4 Å². The Kier molecular flexibility index (Phi) is 79.3. The van der Waals surface area contributed by atoms with Gasteiger partial charge in [-0.2, -0.15) is 23.5 Å². The van der Waals surface area contributed by atoms with Gasteiger partial charge < -0.3 is 29.0 Å². The minimum absolute atomic E-state index is 0.00704. The van der Waals surface area contributed by atoms with Crippen molar-refractivity contribution in [1.82, 2.24) is 5.32 Å². The molecule has 0 saturated carbocycles. The van der Waals surface area contributed by atoms with E-state index in [-0.39, 0.29) is 129 Å². The van der Waals surface area contributed by atoms with Gasteiger partial charge in [0.15, 0.2) is 40.8 Å². The summed E-state index contributed by atoms with van der Waals surface area (Å²) in [5.74, 6) is 5.75. The highest BCUT2D eigenvalue weighted by molar-refractivity contribution is 8.13. The van der Waals surface area contributed by atoms with Crippen molar-refractivity contribution in [2.24, 2.45) is 82.9 Å². The molecular weight excluding hydrogens is 1570 g/mol. The fourth-order valence-electron chi connectivity index (χ4n) is 9.83. The molecule has 0 radical (unpaired) electrons. The Morgan fingerprint density at radius 1 is 0.437 bits per heavy atom. The molecule has 7 atom stereocenters. The maximum absolute atomic E-state index is 11.7. The molecule has 3 rings (SSSR count). The number of hydrogen-bond donors (Lipinski definition) is 1. The van der Waals surface area contributed by atoms with Crippen LogP contribution in [0.4, 0.5) is 0 Å². The average Bonchev–Trinajstić information content (AvgIpc) is 1.78. The first-order chi connectivity index (χ1) is 54.8. The zero-order valence-corrected chi connectivity index (χ0v) is 83.4. The largest absolute Gasteiger partial charge is 0.469 e. The molecule has 0 bridgehead atoms. The number of nitrogens with one attached hydrogen (secondary N) is 1. The Morgan fingerprint density at radius 2 is 0.840 bits per heavy atom. The van der Waals surface area contributed by atoms with Crippen LogP contribution in [0.3, 0.4) is 0 Å². The maximum Gasteiger partial charge on any atom is 0.329 e. The third kappa shape index (κ3) is 74.5. The summed E-state index contributed by atoms with van der Waals surface area (Å²) >= 11 is 5.40. The zero-order valence-electron chi connectivity index (χ0n) is 81.0.